The Balaban J connectivity index is 1.22. The zero-order chi connectivity index (χ0) is 19.7. The summed E-state index contributed by atoms with van der Waals surface area (Å²) >= 11 is 1.56. The first kappa shape index (κ1) is 20.8. The predicted molar refractivity (Wildman–Crippen MR) is 112 cm³/mol. The normalized spacial score (nSPS) is 36.0. The molecule has 1 aliphatic carbocycles. The SMILES string of the molecule is CCOC(=O)N1CCC2(CC(N3CCC([C@@H]4CCCN4C(O)SC)CC3)C2)C1. The van der Waals surface area contributed by atoms with Crippen LogP contribution in [0.4, 0.5) is 4.79 Å². The van der Waals surface area contributed by atoms with Gasteiger partial charge in [0, 0.05) is 31.7 Å². The number of hydrogen-bond donors (Lipinski definition) is 1. The van der Waals surface area contributed by atoms with Crippen molar-refractivity contribution in [3.8, 4) is 0 Å². The third-order valence-corrected chi connectivity index (χ3v) is 8.47. The quantitative estimate of drug-likeness (QED) is 0.702. The fourth-order valence-corrected chi connectivity index (χ4v) is 6.77. The van der Waals surface area contributed by atoms with Crippen LogP contribution in [0.15, 0.2) is 0 Å². The second-order valence-electron chi connectivity index (χ2n) is 9.32. The molecule has 4 rings (SSSR count). The summed E-state index contributed by atoms with van der Waals surface area (Å²) in [5.74, 6) is 0.736. The van der Waals surface area contributed by atoms with Crippen molar-refractivity contribution in [3.05, 3.63) is 0 Å². The molecule has 1 saturated carbocycles. The van der Waals surface area contributed by atoms with Crippen molar-refractivity contribution in [1.29, 1.82) is 0 Å². The number of rotatable bonds is 5. The third-order valence-electron chi connectivity index (χ3n) is 7.77. The Bertz CT molecular complexity index is 549. The molecule has 1 unspecified atom stereocenters. The summed E-state index contributed by atoms with van der Waals surface area (Å²) in [6.45, 7) is 7.55. The van der Waals surface area contributed by atoms with Gasteiger partial charge in [0.25, 0.3) is 0 Å². The van der Waals surface area contributed by atoms with Crippen LogP contribution in [0, 0.1) is 11.3 Å². The van der Waals surface area contributed by atoms with E-state index in [1.54, 1.807) is 11.8 Å². The average Bonchev–Trinajstić information content (AvgIpc) is 3.34. The molecule has 160 valence electrons. The summed E-state index contributed by atoms with van der Waals surface area (Å²) < 4.78 is 5.18. The number of amides is 1. The van der Waals surface area contributed by atoms with E-state index in [0.29, 0.717) is 24.1 Å². The Morgan fingerprint density at radius 2 is 1.96 bits per heavy atom. The van der Waals surface area contributed by atoms with E-state index in [4.69, 9.17) is 4.74 Å². The van der Waals surface area contributed by atoms with Crippen molar-refractivity contribution >= 4 is 17.9 Å². The van der Waals surface area contributed by atoms with Gasteiger partial charge in [-0.3, -0.25) is 4.90 Å². The van der Waals surface area contributed by atoms with E-state index in [0.717, 1.165) is 32.0 Å². The summed E-state index contributed by atoms with van der Waals surface area (Å²) in [5.41, 5.74) is 0.0284. The largest absolute Gasteiger partial charge is 0.450 e. The molecule has 4 fully saturated rings. The van der Waals surface area contributed by atoms with Gasteiger partial charge in [-0.05, 0) is 82.5 Å². The number of aliphatic hydroxyl groups is 1. The minimum atomic E-state index is -0.332. The highest BCUT2D eigenvalue weighted by atomic mass is 32.2. The molecule has 0 bridgehead atoms. The van der Waals surface area contributed by atoms with E-state index in [-0.39, 0.29) is 11.7 Å². The molecule has 1 spiro atoms. The fourth-order valence-electron chi connectivity index (χ4n) is 6.24. The number of nitrogens with zero attached hydrogens (tertiary/aromatic N) is 3. The highest BCUT2D eigenvalue weighted by molar-refractivity contribution is 7.98. The second-order valence-corrected chi connectivity index (χ2v) is 10.2. The van der Waals surface area contributed by atoms with Gasteiger partial charge in [-0.15, -0.1) is 11.8 Å². The molecule has 6 nitrogen and oxygen atoms in total. The number of carbonyl (C=O) groups is 1. The van der Waals surface area contributed by atoms with Crippen LogP contribution in [-0.4, -0.2) is 89.1 Å². The van der Waals surface area contributed by atoms with Crippen LogP contribution < -0.4 is 0 Å². The number of carbonyl (C=O) groups excluding carboxylic acids is 1. The van der Waals surface area contributed by atoms with Gasteiger partial charge in [0.1, 0.15) is 0 Å². The van der Waals surface area contributed by atoms with E-state index >= 15 is 0 Å². The molecular formula is C21H37N3O3S. The highest BCUT2D eigenvalue weighted by Gasteiger charge is 2.51. The molecule has 1 amide bonds. The maximum Gasteiger partial charge on any atom is 0.409 e. The minimum absolute atomic E-state index is 0.128. The number of piperidine rings is 1. The Hall–Kier alpha value is -0.500. The Morgan fingerprint density at radius 1 is 1.21 bits per heavy atom. The molecule has 0 aromatic carbocycles. The summed E-state index contributed by atoms with van der Waals surface area (Å²) in [4.78, 5) is 18.9. The van der Waals surface area contributed by atoms with Gasteiger partial charge in [-0.1, -0.05) is 0 Å². The van der Waals surface area contributed by atoms with Crippen molar-refractivity contribution in [3.63, 3.8) is 0 Å². The van der Waals surface area contributed by atoms with Crippen LogP contribution in [0.5, 0.6) is 0 Å². The van der Waals surface area contributed by atoms with Gasteiger partial charge in [0.15, 0.2) is 5.56 Å². The zero-order valence-electron chi connectivity index (χ0n) is 17.5. The standard InChI is InChI=1S/C21H37N3O3S/c1-3-27-19(25)23-12-8-21(15-23)13-17(14-21)22-10-6-16(7-11-22)18-5-4-9-24(18)20(26)28-2/h16-18,20,26H,3-15H2,1-2H3/t17?,18-,20?,21?/m0/s1. The minimum Gasteiger partial charge on any atom is -0.450 e. The molecule has 0 aromatic heterocycles. The molecule has 2 atom stereocenters. The molecule has 3 saturated heterocycles. The van der Waals surface area contributed by atoms with Gasteiger partial charge in [-0.2, -0.15) is 0 Å². The average molecular weight is 412 g/mol. The summed E-state index contributed by atoms with van der Waals surface area (Å²) in [7, 11) is 0. The first-order valence-electron chi connectivity index (χ1n) is 11.2. The molecule has 1 N–H and O–H groups in total. The van der Waals surface area contributed by atoms with Crippen molar-refractivity contribution in [2.45, 2.75) is 69.5 Å². The van der Waals surface area contributed by atoms with Crippen molar-refractivity contribution < 1.29 is 14.6 Å². The van der Waals surface area contributed by atoms with E-state index in [1.165, 1.54) is 51.6 Å². The maximum atomic E-state index is 12.0. The zero-order valence-corrected chi connectivity index (χ0v) is 18.3. The molecule has 28 heavy (non-hydrogen) atoms. The predicted octanol–water partition coefficient (Wildman–Crippen LogP) is 2.81. The van der Waals surface area contributed by atoms with Crippen molar-refractivity contribution in [1.82, 2.24) is 14.7 Å². The summed E-state index contributed by atoms with van der Waals surface area (Å²) in [6, 6.07) is 1.28. The lowest BCUT2D eigenvalue weighted by atomic mass is 9.64. The lowest BCUT2D eigenvalue weighted by Crippen LogP contribution is -2.55. The van der Waals surface area contributed by atoms with Crippen LogP contribution in [0.25, 0.3) is 0 Å². The smallest absolute Gasteiger partial charge is 0.409 e. The Morgan fingerprint density at radius 3 is 2.64 bits per heavy atom. The number of likely N-dealkylation sites (tertiary alicyclic amines) is 3. The fraction of sp³-hybridized carbons (Fsp3) is 0.952. The Labute approximate surface area is 173 Å². The molecule has 0 aromatic rings. The number of aliphatic hydroxyl groups excluding tert-OH is 1. The van der Waals surface area contributed by atoms with Gasteiger partial charge in [0.2, 0.25) is 0 Å². The molecule has 0 radical (unpaired) electrons. The van der Waals surface area contributed by atoms with Crippen LogP contribution in [0.3, 0.4) is 0 Å². The monoisotopic (exact) mass is 411 g/mol. The van der Waals surface area contributed by atoms with E-state index in [2.05, 4.69) is 9.80 Å². The first-order valence-corrected chi connectivity index (χ1v) is 12.5. The number of ether oxygens (including phenoxy) is 1. The lowest BCUT2D eigenvalue weighted by molar-refractivity contribution is -0.0236. The summed E-state index contributed by atoms with van der Waals surface area (Å²) in [5, 5.41) is 10.3. The van der Waals surface area contributed by atoms with E-state index in [1.807, 2.05) is 18.1 Å². The maximum absolute atomic E-state index is 12.0. The molecule has 3 aliphatic heterocycles. The number of thioether (sulfide) groups is 1. The number of hydrogen-bond acceptors (Lipinski definition) is 6. The molecule has 4 aliphatic rings. The van der Waals surface area contributed by atoms with E-state index < -0.39 is 0 Å². The highest BCUT2D eigenvalue weighted by Crippen LogP contribution is 2.51. The first-order chi connectivity index (χ1) is 13.5. The van der Waals surface area contributed by atoms with Gasteiger partial charge in [-0.25, -0.2) is 4.79 Å². The topological polar surface area (TPSA) is 56.2 Å². The van der Waals surface area contributed by atoms with Crippen LogP contribution in [-0.2, 0) is 4.74 Å². The summed E-state index contributed by atoms with van der Waals surface area (Å²) in [6.07, 6.45) is 10.5. The second kappa shape index (κ2) is 8.70. The van der Waals surface area contributed by atoms with E-state index in [9.17, 15) is 9.90 Å². The Kier molecular flexibility index (Phi) is 6.45. The van der Waals surface area contributed by atoms with Crippen LogP contribution in [0.2, 0.25) is 0 Å². The van der Waals surface area contributed by atoms with Crippen molar-refractivity contribution in [2.75, 3.05) is 45.6 Å². The molecular weight excluding hydrogens is 374 g/mol. The lowest BCUT2D eigenvalue weighted by Gasteiger charge is -2.52. The van der Waals surface area contributed by atoms with Gasteiger partial charge >= 0.3 is 6.09 Å². The van der Waals surface area contributed by atoms with Gasteiger partial charge < -0.3 is 19.6 Å². The van der Waals surface area contributed by atoms with Crippen LogP contribution in [0.1, 0.15) is 51.9 Å². The third kappa shape index (κ3) is 4.05. The van der Waals surface area contributed by atoms with Gasteiger partial charge in [0.05, 0.1) is 6.61 Å². The van der Waals surface area contributed by atoms with Crippen molar-refractivity contribution in [2.24, 2.45) is 11.3 Å². The molecule has 7 heteroatoms. The van der Waals surface area contributed by atoms with Crippen LogP contribution >= 0.6 is 11.8 Å². The molecule has 3 heterocycles.